The second-order valence-electron chi connectivity index (χ2n) is 10.7. The van der Waals surface area contributed by atoms with E-state index in [2.05, 4.69) is 174 Å². The molecule has 0 aliphatic carbocycles. The van der Waals surface area contributed by atoms with Gasteiger partial charge in [-0.05, 0) is 81.6 Å². The quantitative estimate of drug-likeness (QED) is 0.231. The number of aromatic nitrogens is 1. The van der Waals surface area contributed by atoms with E-state index >= 15 is 0 Å². The molecule has 1 aromatic heterocycles. The molecule has 42 heavy (non-hydrogen) atoms. The van der Waals surface area contributed by atoms with Gasteiger partial charge >= 0.3 is 0 Å². The minimum absolute atomic E-state index is 1.07. The lowest BCUT2D eigenvalue weighted by Crippen LogP contribution is -1.93. The third-order valence-corrected chi connectivity index (χ3v) is 8.18. The third-order valence-electron chi connectivity index (χ3n) is 8.18. The highest BCUT2D eigenvalue weighted by atomic mass is 15.0. The van der Waals surface area contributed by atoms with Crippen molar-refractivity contribution < 1.29 is 0 Å². The molecule has 1 heterocycles. The summed E-state index contributed by atoms with van der Waals surface area (Å²) < 4.78 is 2.34. The van der Waals surface area contributed by atoms with Crippen LogP contribution in [0.5, 0.6) is 0 Å². The van der Waals surface area contributed by atoms with Gasteiger partial charge in [0.25, 0.3) is 0 Å². The Kier molecular flexibility index (Phi) is 5.82. The van der Waals surface area contributed by atoms with E-state index < -0.39 is 0 Å². The lowest BCUT2D eigenvalue weighted by molar-refractivity contribution is 1.18. The van der Waals surface area contributed by atoms with Crippen LogP contribution in [0, 0.1) is 0 Å². The average molecular weight is 537 g/mol. The van der Waals surface area contributed by atoms with Crippen molar-refractivity contribution in [2.75, 3.05) is 5.32 Å². The lowest BCUT2D eigenvalue weighted by atomic mass is 9.96. The summed E-state index contributed by atoms with van der Waals surface area (Å²) in [4.78, 5) is 0. The van der Waals surface area contributed by atoms with Crippen molar-refractivity contribution in [3.8, 4) is 27.9 Å². The summed E-state index contributed by atoms with van der Waals surface area (Å²) in [5.41, 5.74) is 10.6. The van der Waals surface area contributed by atoms with Gasteiger partial charge in [-0.3, -0.25) is 0 Å². The molecule has 0 aliphatic rings. The van der Waals surface area contributed by atoms with Gasteiger partial charge in [0.15, 0.2) is 0 Å². The number of anilines is 2. The van der Waals surface area contributed by atoms with Crippen molar-refractivity contribution in [2.45, 2.75) is 0 Å². The van der Waals surface area contributed by atoms with Crippen LogP contribution in [-0.4, -0.2) is 4.57 Å². The molecule has 0 fully saturated rings. The van der Waals surface area contributed by atoms with Gasteiger partial charge in [-0.25, -0.2) is 0 Å². The standard InChI is InChI=1S/C40H28N2/c1-2-11-34(12-3-1)42-39-16-7-6-14-37(39)38-27-33(25-26-40(38)42)41-32-23-21-29(22-24-32)28-17-19-31(20-18-28)36-15-8-10-30-9-4-5-13-35(30)36/h1-27,41H. The Morgan fingerprint density at radius 1 is 0.381 bits per heavy atom. The van der Waals surface area contributed by atoms with Gasteiger partial charge in [-0.1, -0.05) is 115 Å². The maximum atomic E-state index is 3.63. The van der Waals surface area contributed by atoms with Crippen LogP contribution in [0.4, 0.5) is 11.4 Å². The van der Waals surface area contributed by atoms with Crippen LogP contribution in [-0.2, 0) is 0 Å². The first kappa shape index (κ1) is 24.2. The molecule has 8 aromatic rings. The van der Waals surface area contributed by atoms with Crippen molar-refractivity contribution in [1.29, 1.82) is 0 Å². The Morgan fingerprint density at radius 3 is 1.79 bits per heavy atom. The summed E-state index contributed by atoms with van der Waals surface area (Å²) in [5, 5.41) is 8.67. The molecule has 0 amide bonds. The van der Waals surface area contributed by atoms with Gasteiger partial charge in [0, 0.05) is 27.8 Å². The summed E-state index contributed by atoms with van der Waals surface area (Å²) in [7, 11) is 0. The predicted octanol–water partition coefficient (Wildman–Crippen LogP) is 11.0. The van der Waals surface area contributed by atoms with Gasteiger partial charge in [-0.15, -0.1) is 0 Å². The smallest absolute Gasteiger partial charge is 0.0542 e. The molecule has 198 valence electrons. The van der Waals surface area contributed by atoms with Crippen LogP contribution in [0.1, 0.15) is 0 Å². The molecule has 8 rings (SSSR count). The topological polar surface area (TPSA) is 17.0 Å². The maximum absolute atomic E-state index is 3.63. The number of hydrogen-bond donors (Lipinski definition) is 1. The first-order chi connectivity index (χ1) is 20.8. The number of nitrogens with one attached hydrogen (secondary N) is 1. The van der Waals surface area contributed by atoms with Crippen LogP contribution in [0.3, 0.4) is 0 Å². The highest BCUT2D eigenvalue weighted by molar-refractivity contribution is 6.10. The highest BCUT2D eigenvalue weighted by Crippen LogP contribution is 2.35. The number of benzene rings is 7. The number of para-hydroxylation sites is 2. The molecular formula is C40H28N2. The van der Waals surface area contributed by atoms with Crippen molar-refractivity contribution in [1.82, 2.24) is 4.57 Å². The Labute approximate surface area is 245 Å². The van der Waals surface area contributed by atoms with Crippen molar-refractivity contribution in [3.05, 3.63) is 164 Å². The van der Waals surface area contributed by atoms with Crippen LogP contribution in [0.25, 0.3) is 60.5 Å². The van der Waals surface area contributed by atoms with Crippen LogP contribution >= 0.6 is 0 Å². The Balaban J connectivity index is 1.07. The zero-order valence-electron chi connectivity index (χ0n) is 23.0. The number of nitrogens with zero attached hydrogens (tertiary/aromatic N) is 1. The number of fused-ring (bicyclic) bond motifs is 4. The SMILES string of the molecule is c1ccc(-n2c3ccccc3c3cc(Nc4ccc(-c5ccc(-c6cccc7ccccc67)cc5)cc4)ccc32)cc1. The second-order valence-corrected chi connectivity index (χ2v) is 10.7. The van der Waals surface area contributed by atoms with Crippen molar-refractivity contribution in [2.24, 2.45) is 0 Å². The fraction of sp³-hybridized carbons (Fsp3) is 0. The largest absolute Gasteiger partial charge is 0.356 e. The van der Waals surface area contributed by atoms with Crippen molar-refractivity contribution >= 4 is 44.0 Å². The van der Waals surface area contributed by atoms with E-state index in [-0.39, 0.29) is 0 Å². The van der Waals surface area contributed by atoms with E-state index in [1.54, 1.807) is 0 Å². The third kappa shape index (κ3) is 4.22. The monoisotopic (exact) mass is 536 g/mol. The Hall–Kier alpha value is -5.60. The molecule has 0 saturated carbocycles. The van der Waals surface area contributed by atoms with Gasteiger partial charge in [0.2, 0.25) is 0 Å². The molecule has 1 N–H and O–H groups in total. The molecule has 0 atom stereocenters. The zero-order chi connectivity index (χ0) is 27.9. The highest BCUT2D eigenvalue weighted by Gasteiger charge is 2.12. The van der Waals surface area contributed by atoms with Gasteiger partial charge in [0.05, 0.1) is 11.0 Å². The number of hydrogen-bond acceptors (Lipinski definition) is 1. The van der Waals surface area contributed by atoms with Crippen LogP contribution < -0.4 is 5.32 Å². The predicted molar refractivity (Wildman–Crippen MR) is 179 cm³/mol. The summed E-state index contributed by atoms with van der Waals surface area (Å²) in [6.07, 6.45) is 0. The van der Waals surface area contributed by atoms with Crippen molar-refractivity contribution in [3.63, 3.8) is 0 Å². The fourth-order valence-corrected chi connectivity index (χ4v) is 6.14. The summed E-state index contributed by atoms with van der Waals surface area (Å²) in [6, 6.07) is 58.5. The van der Waals surface area contributed by atoms with E-state index in [9.17, 15) is 0 Å². The normalized spacial score (nSPS) is 11.3. The molecule has 0 spiro atoms. The second kappa shape index (κ2) is 10.1. The summed E-state index contributed by atoms with van der Waals surface area (Å²) in [6.45, 7) is 0. The van der Waals surface area contributed by atoms with E-state index in [1.165, 1.54) is 60.5 Å². The number of rotatable bonds is 5. The van der Waals surface area contributed by atoms with Gasteiger partial charge in [0.1, 0.15) is 0 Å². The molecular weight excluding hydrogens is 508 g/mol. The lowest BCUT2D eigenvalue weighted by Gasteiger charge is -2.11. The minimum atomic E-state index is 1.07. The first-order valence-corrected chi connectivity index (χ1v) is 14.4. The molecule has 0 aliphatic heterocycles. The minimum Gasteiger partial charge on any atom is -0.356 e. The van der Waals surface area contributed by atoms with E-state index in [0.29, 0.717) is 0 Å². The summed E-state index contributed by atoms with van der Waals surface area (Å²) >= 11 is 0. The van der Waals surface area contributed by atoms with E-state index in [0.717, 1.165) is 11.4 Å². The van der Waals surface area contributed by atoms with E-state index in [1.807, 2.05) is 0 Å². The Morgan fingerprint density at radius 2 is 0.976 bits per heavy atom. The Bertz CT molecular complexity index is 2180. The average Bonchev–Trinajstić information content (AvgIpc) is 3.39. The molecule has 7 aromatic carbocycles. The molecule has 0 saturated heterocycles. The van der Waals surface area contributed by atoms with Crippen LogP contribution in [0.15, 0.2) is 164 Å². The molecule has 0 unspecified atom stereocenters. The summed E-state index contributed by atoms with van der Waals surface area (Å²) in [5.74, 6) is 0. The van der Waals surface area contributed by atoms with Gasteiger partial charge in [-0.2, -0.15) is 0 Å². The fourth-order valence-electron chi connectivity index (χ4n) is 6.14. The molecule has 0 bridgehead atoms. The van der Waals surface area contributed by atoms with Gasteiger partial charge < -0.3 is 9.88 Å². The molecule has 0 radical (unpaired) electrons. The van der Waals surface area contributed by atoms with E-state index in [4.69, 9.17) is 0 Å². The molecule has 2 nitrogen and oxygen atoms in total. The first-order valence-electron chi connectivity index (χ1n) is 14.4. The maximum Gasteiger partial charge on any atom is 0.0542 e. The van der Waals surface area contributed by atoms with Crippen LogP contribution in [0.2, 0.25) is 0 Å². The zero-order valence-corrected chi connectivity index (χ0v) is 23.0. The molecule has 2 heteroatoms.